The van der Waals surface area contributed by atoms with Crippen LogP contribution >= 0.6 is 15.2 Å². The van der Waals surface area contributed by atoms with E-state index in [0.29, 0.717) is 0 Å². The summed E-state index contributed by atoms with van der Waals surface area (Å²) in [6.45, 7) is 0. The molecule has 0 spiro atoms. The summed E-state index contributed by atoms with van der Waals surface area (Å²) in [7, 11) is -9.35. The Morgan fingerprint density at radius 2 is 1.50 bits per heavy atom. The molecule has 0 heterocycles. The summed E-state index contributed by atoms with van der Waals surface area (Å²) >= 11 is 0. The molecule has 1 unspecified atom stereocenters. The Morgan fingerprint density at radius 1 is 1.17 bits per heavy atom. The second-order valence-corrected chi connectivity index (χ2v) is 5.39. The maximum absolute atomic E-state index is 10.1. The number of hydrogen-bond acceptors (Lipinski definition) is 3. The Balaban J connectivity index is -0.000000500. The van der Waals surface area contributed by atoms with Crippen LogP contribution in [0.3, 0.4) is 0 Å². The van der Waals surface area contributed by atoms with Crippen molar-refractivity contribution in [3.63, 3.8) is 0 Å². The van der Waals surface area contributed by atoms with Crippen LogP contribution in [0.2, 0.25) is 0 Å². The van der Waals surface area contributed by atoms with E-state index in [2.05, 4.69) is 0 Å². The second-order valence-electron chi connectivity index (χ2n) is 1.92. The molecule has 0 aromatic heterocycles. The van der Waals surface area contributed by atoms with Crippen LogP contribution in [0.4, 0.5) is 0 Å². The molecular formula is C2H9KO7P2. The van der Waals surface area contributed by atoms with E-state index in [4.69, 9.17) is 24.7 Å². The molecule has 12 heavy (non-hydrogen) atoms. The maximum atomic E-state index is 10.1. The van der Waals surface area contributed by atoms with E-state index in [1.165, 1.54) is 0 Å². The summed E-state index contributed by atoms with van der Waals surface area (Å²) in [6, 6.07) is 0. The van der Waals surface area contributed by atoms with Crippen LogP contribution < -0.4 is 51.4 Å². The third-order valence-electron chi connectivity index (χ3n) is 0.789. The first-order valence-corrected chi connectivity index (χ1v) is 5.89. The fraction of sp³-hybridized carbons (Fsp3) is 1.00. The predicted octanol–water partition coefficient (Wildman–Crippen LogP) is -4.22. The molecule has 5 N–H and O–H groups in total. The first-order chi connectivity index (χ1) is 4.63. The fourth-order valence-corrected chi connectivity index (χ4v) is 2.23. The third-order valence-corrected chi connectivity index (χ3v) is 2.86. The van der Waals surface area contributed by atoms with Gasteiger partial charge in [-0.15, -0.1) is 0 Å². The molecule has 0 aliphatic carbocycles. The van der Waals surface area contributed by atoms with Crippen molar-refractivity contribution in [2.75, 3.05) is 6.16 Å². The van der Waals surface area contributed by atoms with Crippen molar-refractivity contribution in [1.82, 2.24) is 0 Å². The van der Waals surface area contributed by atoms with Gasteiger partial charge in [0, 0.05) is 0 Å². The van der Waals surface area contributed by atoms with E-state index in [0.717, 1.165) is 0 Å². The summed E-state index contributed by atoms with van der Waals surface area (Å²) < 4.78 is 20.2. The summed E-state index contributed by atoms with van der Waals surface area (Å²) in [5.74, 6) is -2.29. The second kappa shape index (κ2) is 5.70. The smallest absolute Gasteiger partial charge is 1.00 e. The quantitative estimate of drug-likeness (QED) is 0.251. The molecule has 0 saturated carbocycles. The normalized spacial score (nSPS) is 15.1. The van der Waals surface area contributed by atoms with Gasteiger partial charge in [-0.1, -0.05) is 0 Å². The molecule has 0 rings (SSSR count). The van der Waals surface area contributed by atoms with Gasteiger partial charge in [-0.3, -0.25) is 9.13 Å². The van der Waals surface area contributed by atoms with Gasteiger partial charge in [0.2, 0.25) is 0 Å². The van der Waals surface area contributed by atoms with Gasteiger partial charge in [0.25, 0.3) is 0 Å². The molecule has 0 saturated heterocycles. The molecular weight excluding hydrogens is 237 g/mol. The first-order valence-electron chi connectivity index (χ1n) is 2.41. The molecule has 0 aromatic rings. The predicted molar refractivity (Wildman–Crippen MR) is 36.1 cm³/mol. The van der Waals surface area contributed by atoms with Gasteiger partial charge < -0.3 is 26.1 Å². The van der Waals surface area contributed by atoms with Gasteiger partial charge in [0.15, 0.2) is 5.85 Å². The number of aliphatic hydroxyl groups is 1. The summed E-state index contributed by atoms with van der Waals surface area (Å²) in [5, 5.41) is 8.47. The van der Waals surface area contributed by atoms with Crippen molar-refractivity contribution in [3.8, 4) is 0 Å². The number of hydrogen-bond donors (Lipinski definition) is 5. The summed E-state index contributed by atoms with van der Waals surface area (Å²) in [4.78, 5) is 32.7. The largest absolute Gasteiger partial charge is 1.00 e. The zero-order chi connectivity index (χ0) is 9.28. The molecule has 0 radical (unpaired) electrons. The van der Waals surface area contributed by atoms with Crippen LogP contribution in [-0.4, -0.2) is 36.7 Å². The fourth-order valence-electron chi connectivity index (χ4n) is 0.319. The van der Waals surface area contributed by atoms with Gasteiger partial charge in [-0.25, -0.2) is 0 Å². The average Bonchev–Trinajstić information content (AvgIpc) is 1.56. The Labute approximate surface area is 112 Å². The van der Waals surface area contributed by atoms with E-state index in [1.807, 2.05) is 0 Å². The standard InChI is InChI=1S/C2H8O7P2.K.H/c3-2(11(7,8)9)1-10(4,5)6;;/h2-3H,1H2,(H2,4,5,6)(H2,7,8,9);;/q;+1;-1. The monoisotopic (exact) mass is 246 g/mol. The van der Waals surface area contributed by atoms with Crippen molar-refractivity contribution in [2.24, 2.45) is 0 Å². The van der Waals surface area contributed by atoms with E-state index >= 15 is 0 Å². The van der Waals surface area contributed by atoms with E-state index in [1.54, 1.807) is 0 Å². The zero-order valence-electron chi connectivity index (χ0n) is 7.23. The van der Waals surface area contributed by atoms with Crippen LogP contribution in [0.25, 0.3) is 0 Å². The van der Waals surface area contributed by atoms with Crippen molar-refractivity contribution >= 4 is 15.2 Å². The molecule has 70 valence electrons. The molecule has 10 heteroatoms. The Morgan fingerprint density at radius 3 is 1.58 bits per heavy atom. The zero-order valence-corrected chi connectivity index (χ0v) is 11.1. The van der Waals surface area contributed by atoms with Crippen molar-refractivity contribution in [1.29, 1.82) is 0 Å². The number of rotatable bonds is 3. The van der Waals surface area contributed by atoms with E-state index < -0.39 is 27.2 Å². The minimum Gasteiger partial charge on any atom is -1.00 e. The topological polar surface area (TPSA) is 135 Å². The third kappa shape index (κ3) is 8.49. The van der Waals surface area contributed by atoms with Gasteiger partial charge in [-0.2, -0.15) is 0 Å². The van der Waals surface area contributed by atoms with Gasteiger partial charge in [0.05, 0.1) is 6.16 Å². The number of aliphatic hydroxyl groups excluding tert-OH is 1. The SMILES string of the molecule is O=P(O)(O)CC(O)P(=O)(O)O.[H-].[K+]. The minimum atomic E-state index is -4.79. The van der Waals surface area contributed by atoms with Crippen LogP contribution in [-0.2, 0) is 9.13 Å². The molecule has 0 aliphatic rings. The van der Waals surface area contributed by atoms with Gasteiger partial charge >= 0.3 is 66.6 Å². The minimum absolute atomic E-state index is 0. The van der Waals surface area contributed by atoms with E-state index in [9.17, 15) is 9.13 Å². The molecule has 0 aromatic carbocycles. The molecule has 0 amide bonds. The first kappa shape index (κ1) is 16.3. The van der Waals surface area contributed by atoms with Crippen LogP contribution in [0.15, 0.2) is 0 Å². The Bertz CT molecular complexity index is 221. The molecule has 1 atom stereocenters. The van der Waals surface area contributed by atoms with Crippen molar-refractivity contribution in [3.05, 3.63) is 0 Å². The van der Waals surface area contributed by atoms with Crippen molar-refractivity contribution < 1.29 is 86.6 Å². The van der Waals surface area contributed by atoms with Crippen LogP contribution in [0.1, 0.15) is 1.43 Å². The molecule has 0 bridgehead atoms. The summed E-state index contributed by atoms with van der Waals surface area (Å²) in [5.41, 5.74) is 0. The van der Waals surface area contributed by atoms with Crippen LogP contribution in [0, 0.1) is 0 Å². The Hall–Kier alpha value is 1.90. The molecule has 0 aliphatic heterocycles. The van der Waals surface area contributed by atoms with Crippen LogP contribution in [0.5, 0.6) is 0 Å². The van der Waals surface area contributed by atoms with Gasteiger partial charge in [-0.05, 0) is 0 Å². The van der Waals surface area contributed by atoms with Gasteiger partial charge in [0.1, 0.15) is 0 Å². The van der Waals surface area contributed by atoms with E-state index in [-0.39, 0.29) is 52.8 Å². The Kier molecular flexibility index (Phi) is 7.76. The summed E-state index contributed by atoms with van der Waals surface area (Å²) in [6.07, 6.45) is -1.22. The molecule has 0 fully saturated rings. The average molecular weight is 246 g/mol. The van der Waals surface area contributed by atoms with Crippen molar-refractivity contribution in [2.45, 2.75) is 5.85 Å². The maximum Gasteiger partial charge on any atom is 1.00 e. The molecule has 7 nitrogen and oxygen atoms in total.